The van der Waals surface area contributed by atoms with Gasteiger partial charge in [-0.1, -0.05) is 84.9 Å². The SMILES string of the molecule is c1ccc(-c2cc(-c3ccccc3)nc(-c3ccc4c(c3)oc3ccccc34)n2)cc1. The Morgan fingerprint density at radius 1 is 0.452 bits per heavy atom. The second-order valence-corrected chi connectivity index (χ2v) is 7.50. The average Bonchev–Trinajstić information content (AvgIpc) is 3.23. The van der Waals surface area contributed by atoms with Crippen molar-refractivity contribution in [1.82, 2.24) is 9.97 Å². The summed E-state index contributed by atoms with van der Waals surface area (Å²) in [5.74, 6) is 0.683. The molecule has 2 heterocycles. The Balaban J connectivity index is 1.56. The van der Waals surface area contributed by atoms with Gasteiger partial charge in [0, 0.05) is 27.5 Å². The van der Waals surface area contributed by atoms with Crippen LogP contribution in [-0.4, -0.2) is 9.97 Å². The zero-order valence-electron chi connectivity index (χ0n) is 16.7. The molecule has 4 aromatic carbocycles. The molecule has 31 heavy (non-hydrogen) atoms. The Hall–Kier alpha value is -4.24. The molecular formula is C28H18N2O. The van der Waals surface area contributed by atoms with Crippen molar-refractivity contribution >= 4 is 21.9 Å². The molecule has 0 aliphatic carbocycles. The van der Waals surface area contributed by atoms with Gasteiger partial charge in [-0.2, -0.15) is 0 Å². The first-order valence-electron chi connectivity index (χ1n) is 10.3. The maximum absolute atomic E-state index is 6.09. The largest absolute Gasteiger partial charge is 0.456 e. The fourth-order valence-corrected chi connectivity index (χ4v) is 3.95. The van der Waals surface area contributed by atoms with E-state index >= 15 is 0 Å². The summed E-state index contributed by atoms with van der Waals surface area (Å²) in [4.78, 5) is 9.81. The lowest BCUT2D eigenvalue weighted by molar-refractivity contribution is 0.669. The molecule has 0 saturated heterocycles. The number of fused-ring (bicyclic) bond motifs is 3. The van der Waals surface area contributed by atoms with E-state index in [0.29, 0.717) is 5.82 Å². The lowest BCUT2D eigenvalue weighted by Gasteiger charge is -2.09. The molecule has 6 aromatic rings. The Morgan fingerprint density at radius 3 is 1.71 bits per heavy atom. The van der Waals surface area contributed by atoms with Crippen LogP contribution in [0.2, 0.25) is 0 Å². The van der Waals surface area contributed by atoms with Crippen LogP contribution in [0.4, 0.5) is 0 Å². The van der Waals surface area contributed by atoms with Crippen LogP contribution in [0, 0.1) is 0 Å². The second kappa shape index (κ2) is 7.22. The van der Waals surface area contributed by atoms with E-state index in [4.69, 9.17) is 14.4 Å². The number of furan rings is 1. The van der Waals surface area contributed by atoms with Crippen molar-refractivity contribution in [1.29, 1.82) is 0 Å². The van der Waals surface area contributed by atoms with Gasteiger partial charge in [-0.25, -0.2) is 9.97 Å². The van der Waals surface area contributed by atoms with E-state index in [1.165, 1.54) is 0 Å². The zero-order chi connectivity index (χ0) is 20.6. The molecule has 6 rings (SSSR count). The molecule has 0 saturated carbocycles. The molecular weight excluding hydrogens is 380 g/mol. The predicted octanol–water partition coefficient (Wildman–Crippen LogP) is 7.38. The van der Waals surface area contributed by atoms with Crippen molar-refractivity contribution in [2.75, 3.05) is 0 Å². The smallest absolute Gasteiger partial charge is 0.160 e. The number of nitrogens with zero attached hydrogens (tertiary/aromatic N) is 2. The summed E-state index contributed by atoms with van der Waals surface area (Å²) in [7, 11) is 0. The van der Waals surface area contributed by atoms with Gasteiger partial charge in [0.25, 0.3) is 0 Å². The highest BCUT2D eigenvalue weighted by Crippen LogP contribution is 2.33. The topological polar surface area (TPSA) is 38.9 Å². The summed E-state index contributed by atoms with van der Waals surface area (Å²) in [5, 5.41) is 2.22. The van der Waals surface area contributed by atoms with Gasteiger partial charge in [-0.15, -0.1) is 0 Å². The number of aromatic nitrogens is 2. The molecule has 2 aromatic heterocycles. The third kappa shape index (κ3) is 3.17. The van der Waals surface area contributed by atoms with Crippen molar-refractivity contribution in [3.63, 3.8) is 0 Å². The number of para-hydroxylation sites is 1. The Bertz CT molecular complexity index is 1460. The van der Waals surface area contributed by atoms with Crippen molar-refractivity contribution in [3.8, 4) is 33.9 Å². The summed E-state index contributed by atoms with van der Waals surface area (Å²) in [6, 6.07) is 36.8. The molecule has 3 nitrogen and oxygen atoms in total. The molecule has 0 fully saturated rings. The van der Waals surface area contributed by atoms with Crippen LogP contribution in [0.1, 0.15) is 0 Å². The molecule has 0 aliphatic rings. The highest BCUT2D eigenvalue weighted by Gasteiger charge is 2.13. The maximum atomic E-state index is 6.09. The maximum Gasteiger partial charge on any atom is 0.160 e. The zero-order valence-corrected chi connectivity index (χ0v) is 16.7. The second-order valence-electron chi connectivity index (χ2n) is 7.50. The van der Waals surface area contributed by atoms with Gasteiger partial charge in [0.05, 0.1) is 11.4 Å². The molecule has 0 bridgehead atoms. The lowest BCUT2D eigenvalue weighted by atomic mass is 10.1. The van der Waals surface area contributed by atoms with Gasteiger partial charge >= 0.3 is 0 Å². The molecule has 0 aliphatic heterocycles. The Kier molecular flexibility index (Phi) is 4.10. The molecule has 0 unspecified atom stereocenters. The normalized spacial score (nSPS) is 11.2. The van der Waals surface area contributed by atoms with E-state index in [0.717, 1.165) is 50.0 Å². The minimum atomic E-state index is 0.683. The van der Waals surface area contributed by atoms with Crippen LogP contribution >= 0.6 is 0 Å². The minimum absolute atomic E-state index is 0.683. The number of rotatable bonds is 3. The van der Waals surface area contributed by atoms with E-state index in [1.54, 1.807) is 0 Å². The van der Waals surface area contributed by atoms with Gasteiger partial charge in [0.1, 0.15) is 11.2 Å². The standard InChI is InChI=1S/C28H18N2O/c1-3-9-19(10-4-1)24-18-25(20-11-5-2-6-12-20)30-28(29-24)21-15-16-23-22-13-7-8-14-26(22)31-27(23)17-21/h1-18H. The minimum Gasteiger partial charge on any atom is -0.456 e. The van der Waals surface area contributed by atoms with Crippen molar-refractivity contribution in [2.45, 2.75) is 0 Å². The van der Waals surface area contributed by atoms with E-state index in [9.17, 15) is 0 Å². The molecule has 146 valence electrons. The fraction of sp³-hybridized carbons (Fsp3) is 0. The summed E-state index contributed by atoms with van der Waals surface area (Å²) >= 11 is 0. The van der Waals surface area contributed by atoms with Crippen LogP contribution in [0.5, 0.6) is 0 Å². The number of hydrogen-bond acceptors (Lipinski definition) is 3. The summed E-state index contributed by atoms with van der Waals surface area (Å²) in [5.41, 5.74) is 6.58. The molecule has 0 atom stereocenters. The highest BCUT2D eigenvalue weighted by atomic mass is 16.3. The van der Waals surface area contributed by atoms with Gasteiger partial charge in [0.15, 0.2) is 5.82 Å². The van der Waals surface area contributed by atoms with Gasteiger partial charge in [-0.05, 0) is 24.3 Å². The first-order chi connectivity index (χ1) is 15.3. The van der Waals surface area contributed by atoms with Crippen LogP contribution in [-0.2, 0) is 0 Å². The summed E-state index contributed by atoms with van der Waals surface area (Å²) < 4.78 is 6.09. The third-order valence-corrected chi connectivity index (χ3v) is 5.50. The molecule has 0 spiro atoms. The van der Waals surface area contributed by atoms with Crippen molar-refractivity contribution in [3.05, 3.63) is 109 Å². The van der Waals surface area contributed by atoms with E-state index < -0.39 is 0 Å². The van der Waals surface area contributed by atoms with Crippen LogP contribution in [0.3, 0.4) is 0 Å². The van der Waals surface area contributed by atoms with E-state index in [1.807, 2.05) is 66.7 Å². The Morgan fingerprint density at radius 2 is 1.03 bits per heavy atom. The average molecular weight is 398 g/mol. The first kappa shape index (κ1) is 17.6. The number of benzene rings is 4. The van der Waals surface area contributed by atoms with Crippen molar-refractivity contribution < 1.29 is 4.42 Å². The quantitative estimate of drug-likeness (QED) is 0.312. The summed E-state index contributed by atoms with van der Waals surface area (Å²) in [6.45, 7) is 0. The monoisotopic (exact) mass is 398 g/mol. The fourth-order valence-electron chi connectivity index (χ4n) is 3.95. The summed E-state index contributed by atoms with van der Waals surface area (Å²) in [6.07, 6.45) is 0. The van der Waals surface area contributed by atoms with Crippen molar-refractivity contribution in [2.24, 2.45) is 0 Å². The van der Waals surface area contributed by atoms with E-state index in [2.05, 4.69) is 42.5 Å². The molecule has 0 N–H and O–H groups in total. The number of hydrogen-bond donors (Lipinski definition) is 0. The van der Waals surface area contributed by atoms with Crippen LogP contribution in [0.15, 0.2) is 114 Å². The first-order valence-corrected chi connectivity index (χ1v) is 10.3. The van der Waals surface area contributed by atoms with Gasteiger partial charge < -0.3 is 4.42 Å². The highest BCUT2D eigenvalue weighted by molar-refractivity contribution is 6.05. The third-order valence-electron chi connectivity index (χ3n) is 5.50. The lowest BCUT2D eigenvalue weighted by Crippen LogP contribution is -1.95. The van der Waals surface area contributed by atoms with Crippen LogP contribution in [0.25, 0.3) is 55.8 Å². The van der Waals surface area contributed by atoms with E-state index in [-0.39, 0.29) is 0 Å². The molecule has 0 radical (unpaired) electrons. The van der Waals surface area contributed by atoms with Gasteiger partial charge in [0.2, 0.25) is 0 Å². The Labute approximate surface area is 179 Å². The molecule has 3 heteroatoms. The van der Waals surface area contributed by atoms with Crippen LogP contribution < -0.4 is 0 Å². The predicted molar refractivity (Wildman–Crippen MR) is 126 cm³/mol. The van der Waals surface area contributed by atoms with Gasteiger partial charge in [-0.3, -0.25) is 0 Å². The molecule has 0 amide bonds.